The summed E-state index contributed by atoms with van der Waals surface area (Å²) in [5.74, 6) is -1.73. The van der Waals surface area contributed by atoms with Crippen LogP contribution >= 0.6 is 0 Å². The number of hydrogen-bond donors (Lipinski definition) is 6. The van der Waals surface area contributed by atoms with E-state index in [1.165, 1.54) is 36.4 Å². The molecule has 0 unspecified atom stereocenters. The fraction of sp³-hybridized carbons (Fsp3) is 0.455. The highest BCUT2D eigenvalue weighted by molar-refractivity contribution is 5.93. The molecule has 4 heterocycles. The van der Waals surface area contributed by atoms with Gasteiger partial charge in [-0.05, 0) is 76.7 Å². The molecule has 18 nitrogen and oxygen atoms in total. The molecule has 1 aliphatic heterocycles. The van der Waals surface area contributed by atoms with Gasteiger partial charge >= 0.3 is 0 Å². The second-order valence-corrected chi connectivity index (χ2v) is 12.0. The Balaban J connectivity index is 1.35. The highest BCUT2D eigenvalue weighted by Gasteiger charge is 2.17. The second-order valence-electron chi connectivity index (χ2n) is 12.0. The summed E-state index contributed by atoms with van der Waals surface area (Å²) in [6.07, 6.45) is 2.41. The first-order valence-corrected chi connectivity index (χ1v) is 16.8. The van der Waals surface area contributed by atoms with E-state index in [9.17, 15) is 44.4 Å². The van der Waals surface area contributed by atoms with Gasteiger partial charge < -0.3 is 46.3 Å². The molecular formula is C33H45N9O9. The van der Waals surface area contributed by atoms with E-state index in [1.807, 2.05) is 0 Å². The van der Waals surface area contributed by atoms with Gasteiger partial charge in [-0.3, -0.25) is 28.8 Å². The third kappa shape index (κ3) is 11.3. The quantitative estimate of drug-likeness (QED) is 0.119. The van der Waals surface area contributed by atoms with Crippen molar-refractivity contribution in [3.8, 4) is 0 Å². The van der Waals surface area contributed by atoms with Crippen LogP contribution in [0.1, 0.15) is 50.7 Å². The minimum Gasteiger partial charge on any atom is -0.425 e. The molecule has 0 spiro atoms. The van der Waals surface area contributed by atoms with E-state index >= 15 is 0 Å². The van der Waals surface area contributed by atoms with E-state index in [0.29, 0.717) is 73.1 Å². The van der Waals surface area contributed by atoms with Crippen LogP contribution < -0.4 is 32.6 Å². The largest absolute Gasteiger partial charge is 0.425 e. The van der Waals surface area contributed by atoms with Crippen LogP contribution in [0.25, 0.3) is 0 Å². The van der Waals surface area contributed by atoms with Gasteiger partial charge in [-0.2, -0.15) is 0 Å². The van der Waals surface area contributed by atoms with Crippen molar-refractivity contribution in [2.24, 2.45) is 0 Å². The smallest absolute Gasteiger partial charge is 0.283 e. The number of amides is 3. The molecule has 51 heavy (non-hydrogen) atoms. The van der Waals surface area contributed by atoms with Crippen molar-refractivity contribution in [3.63, 3.8) is 0 Å². The van der Waals surface area contributed by atoms with E-state index in [1.54, 1.807) is 0 Å². The van der Waals surface area contributed by atoms with Crippen LogP contribution in [0.5, 0.6) is 0 Å². The van der Waals surface area contributed by atoms with Gasteiger partial charge in [0.05, 0.1) is 0 Å². The third-order valence-corrected chi connectivity index (χ3v) is 8.47. The molecule has 0 saturated carbocycles. The molecule has 3 amide bonds. The van der Waals surface area contributed by atoms with Gasteiger partial charge in [0.25, 0.3) is 34.4 Å². The zero-order chi connectivity index (χ0) is 36.8. The Hall–Kier alpha value is -5.46. The molecule has 276 valence electrons. The maximum Gasteiger partial charge on any atom is 0.283 e. The Morgan fingerprint density at radius 2 is 0.725 bits per heavy atom. The van der Waals surface area contributed by atoms with Crippen LogP contribution in [0.4, 0.5) is 0 Å². The minimum atomic E-state index is -0.707. The average Bonchev–Trinajstić information content (AvgIpc) is 3.10. The first kappa shape index (κ1) is 38.3. The molecular weight excluding hydrogens is 666 g/mol. The lowest BCUT2D eigenvalue weighted by Crippen LogP contribution is -2.43. The molecule has 6 N–H and O–H groups in total. The zero-order valence-corrected chi connectivity index (χ0v) is 28.3. The summed E-state index contributed by atoms with van der Waals surface area (Å²) < 4.78 is 0.930. The number of hydrogen-bond acceptors (Lipinski definition) is 12. The van der Waals surface area contributed by atoms with E-state index < -0.39 is 34.4 Å². The van der Waals surface area contributed by atoms with Gasteiger partial charge in [-0.15, -0.1) is 14.2 Å². The van der Waals surface area contributed by atoms with Crippen LogP contribution in [0.2, 0.25) is 0 Å². The average molecular weight is 712 g/mol. The number of carbonyl (C=O) groups excluding carboxylic acids is 3. The van der Waals surface area contributed by atoms with Gasteiger partial charge in [-0.1, -0.05) is 18.2 Å². The Kier molecular flexibility index (Phi) is 14.3. The molecule has 18 heteroatoms. The number of nitrogens with zero attached hydrogens (tertiary/aromatic N) is 6. The number of nitrogens with one attached hydrogen (secondary N) is 3. The van der Waals surface area contributed by atoms with Crippen molar-refractivity contribution in [1.82, 2.24) is 44.8 Å². The molecule has 3 aromatic rings. The van der Waals surface area contributed by atoms with E-state index in [4.69, 9.17) is 0 Å². The lowest BCUT2D eigenvalue weighted by Gasteiger charge is -2.30. The monoisotopic (exact) mass is 711 g/mol. The number of rotatable bonds is 12. The third-order valence-electron chi connectivity index (χ3n) is 8.47. The topological polar surface area (TPSA) is 224 Å². The maximum absolute atomic E-state index is 12.6. The highest BCUT2D eigenvalue weighted by atomic mass is 16.5. The summed E-state index contributed by atoms with van der Waals surface area (Å²) in [6, 6.07) is 11.7. The summed E-state index contributed by atoms with van der Waals surface area (Å²) in [7, 11) is 0. The summed E-state index contributed by atoms with van der Waals surface area (Å²) in [5.41, 5.74) is -2.61. The molecule has 0 aromatic carbocycles. The highest BCUT2D eigenvalue weighted by Crippen LogP contribution is 2.05. The predicted octanol–water partition coefficient (Wildman–Crippen LogP) is -1.44. The lowest BCUT2D eigenvalue weighted by molar-refractivity contribution is 0.0878. The molecule has 1 saturated heterocycles. The van der Waals surface area contributed by atoms with Crippen molar-refractivity contribution in [1.29, 1.82) is 0 Å². The Labute approximate surface area is 293 Å². The Morgan fingerprint density at radius 3 is 0.980 bits per heavy atom. The van der Waals surface area contributed by atoms with Crippen molar-refractivity contribution in [3.05, 3.63) is 103 Å². The number of pyridine rings is 3. The van der Waals surface area contributed by atoms with Crippen LogP contribution in [-0.2, 0) is 0 Å². The molecule has 0 aliphatic carbocycles. The van der Waals surface area contributed by atoms with E-state index in [-0.39, 0.29) is 36.7 Å². The fourth-order valence-corrected chi connectivity index (χ4v) is 5.77. The van der Waals surface area contributed by atoms with Gasteiger partial charge in [0, 0.05) is 57.5 Å². The van der Waals surface area contributed by atoms with Crippen molar-refractivity contribution in [2.75, 3.05) is 78.5 Å². The second kappa shape index (κ2) is 19.1. The number of aromatic nitrogens is 3. The summed E-state index contributed by atoms with van der Waals surface area (Å²) in [4.78, 5) is 79.6. The molecule has 1 fully saturated rings. The van der Waals surface area contributed by atoms with Crippen LogP contribution in [-0.4, -0.2) is 141 Å². The zero-order valence-electron chi connectivity index (χ0n) is 28.3. The molecule has 0 radical (unpaired) electrons. The normalized spacial score (nSPS) is 15.3. The molecule has 1 aliphatic rings. The van der Waals surface area contributed by atoms with E-state index in [0.717, 1.165) is 37.5 Å². The molecule has 0 atom stereocenters. The first-order chi connectivity index (χ1) is 24.5. The van der Waals surface area contributed by atoms with Gasteiger partial charge in [0.15, 0.2) is 0 Å². The Morgan fingerprint density at radius 1 is 0.471 bits per heavy atom. The molecule has 0 bridgehead atoms. The van der Waals surface area contributed by atoms with Crippen LogP contribution in [0, 0.1) is 0 Å². The molecule has 4 rings (SSSR count). The maximum atomic E-state index is 12.6. The van der Waals surface area contributed by atoms with E-state index in [2.05, 4.69) is 30.7 Å². The summed E-state index contributed by atoms with van der Waals surface area (Å²) >= 11 is 0. The predicted molar refractivity (Wildman–Crippen MR) is 184 cm³/mol. The molecule has 3 aromatic heterocycles. The Bertz CT molecular complexity index is 1600. The van der Waals surface area contributed by atoms with Gasteiger partial charge in [0.1, 0.15) is 17.1 Å². The van der Waals surface area contributed by atoms with Gasteiger partial charge in [0.2, 0.25) is 0 Å². The van der Waals surface area contributed by atoms with Crippen molar-refractivity contribution < 1.29 is 30.0 Å². The SMILES string of the molecule is O=C(NCCN1CCCN(CCNC(=O)c2cccc(=O)n2O)CCCN(CCNC(=O)c2cccc(=O)n2O)CCC1)c1cccc(=O)n1O. The summed E-state index contributed by atoms with van der Waals surface area (Å²) in [6.45, 7) is 6.65. The fourth-order valence-electron chi connectivity index (χ4n) is 5.77. The lowest BCUT2D eigenvalue weighted by atomic mass is 10.2. The van der Waals surface area contributed by atoms with Gasteiger partial charge in [-0.25, -0.2) is 0 Å². The standard InChI is InChI=1S/C33H45N9O9/c43-28-10-1-7-25(40(28)49)31(46)34-13-22-37-16-4-18-38(23-14-35-32(47)26-8-2-11-29(44)41(26)50)20-6-21-39(19-5-17-37)24-15-36-33(48)27-9-3-12-30(45)42(27)51/h1-3,7-12,49-51H,4-6,13-24H2,(H,34,46)(H,35,47)(H,36,48). The van der Waals surface area contributed by atoms with Crippen LogP contribution in [0.3, 0.4) is 0 Å². The van der Waals surface area contributed by atoms with Crippen LogP contribution in [0.15, 0.2) is 69.0 Å². The van der Waals surface area contributed by atoms with Crippen molar-refractivity contribution >= 4 is 17.7 Å². The first-order valence-electron chi connectivity index (χ1n) is 16.8. The minimum absolute atomic E-state index is 0.161. The van der Waals surface area contributed by atoms with Crippen molar-refractivity contribution in [2.45, 2.75) is 19.3 Å². The summed E-state index contributed by atoms with van der Waals surface area (Å²) in [5, 5.41) is 38.0. The number of carbonyl (C=O) groups is 3.